The van der Waals surface area contributed by atoms with E-state index in [1.807, 2.05) is 0 Å². The molecule has 0 fully saturated rings. The number of carbonyl (C=O) groups is 2. The number of pyridine rings is 1. The fraction of sp³-hybridized carbons (Fsp3) is 0.235. The molecule has 0 atom stereocenters. The lowest BCUT2D eigenvalue weighted by atomic mass is 10.0. The lowest BCUT2D eigenvalue weighted by Gasteiger charge is -2.19. The van der Waals surface area contributed by atoms with Crippen molar-refractivity contribution in [2.45, 2.75) is 26.7 Å². The zero-order valence-corrected chi connectivity index (χ0v) is 13.4. The molecular weight excluding hydrogens is 316 g/mol. The molecule has 0 aliphatic carbocycles. The van der Waals surface area contributed by atoms with E-state index in [0.717, 1.165) is 18.0 Å². The molecule has 24 heavy (non-hydrogen) atoms. The van der Waals surface area contributed by atoms with Crippen LogP contribution in [-0.2, 0) is 15.5 Å². The Balaban J connectivity index is 2.06. The number of fused-ring (bicyclic) bond motifs is 1. The van der Waals surface area contributed by atoms with E-state index in [2.05, 4.69) is 10.4 Å². The number of hydrazine groups is 1. The van der Waals surface area contributed by atoms with E-state index in [1.54, 1.807) is 24.3 Å². The van der Waals surface area contributed by atoms with Crippen LogP contribution in [0.5, 0.6) is 0 Å². The Morgan fingerprint density at radius 1 is 1.08 bits per heavy atom. The number of hydrogen-bond acceptors (Lipinski definition) is 4. The second-order valence-corrected chi connectivity index (χ2v) is 5.77. The molecule has 2 heterocycles. The first-order valence-electron chi connectivity index (χ1n) is 7.31. The van der Waals surface area contributed by atoms with Gasteiger partial charge >= 0.3 is 0 Å². The molecule has 0 radical (unpaired) electrons. The van der Waals surface area contributed by atoms with Crippen molar-refractivity contribution in [3.05, 3.63) is 47.0 Å². The minimum absolute atomic E-state index is 0.00873. The zero-order valence-electron chi connectivity index (χ0n) is 13.4. The standard InChI is InChI=1S/C17H15F2N3O2/c1-9-10(2)16(24)22(15(9)23)21-14-8-12(17(3,18)19)11-6-4-5-7-13(11)20-14/h4-8H,1-3H3,(H,20,21). The second kappa shape index (κ2) is 5.36. The summed E-state index contributed by atoms with van der Waals surface area (Å²) in [6, 6.07) is 7.64. The highest BCUT2D eigenvalue weighted by atomic mass is 19.3. The van der Waals surface area contributed by atoms with Crippen LogP contribution in [0.15, 0.2) is 41.5 Å². The van der Waals surface area contributed by atoms with Crippen LogP contribution in [0.4, 0.5) is 14.6 Å². The highest BCUT2D eigenvalue weighted by molar-refractivity contribution is 6.19. The molecule has 1 aromatic heterocycles. The van der Waals surface area contributed by atoms with Crippen LogP contribution in [0.3, 0.4) is 0 Å². The number of hydrogen-bond donors (Lipinski definition) is 1. The number of rotatable bonds is 3. The second-order valence-electron chi connectivity index (χ2n) is 5.77. The van der Waals surface area contributed by atoms with Crippen LogP contribution < -0.4 is 5.43 Å². The fourth-order valence-corrected chi connectivity index (χ4v) is 2.56. The first-order chi connectivity index (χ1) is 11.2. The summed E-state index contributed by atoms with van der Waals surface area (Å²) in [6.07, 6.45) is 0. The number of alkyl halides is 2. The highest BCUT2D eigenvalue weighted by Crippen LogP contribution is 2.34. The van der Waals surface area contributed by atoms with E-state index in [0.29, 0.717) is 22.0 Å². The molecule has 7 heteroatoms. The van der Waals surface area contributed by atoms with Crippen LogP contribution in [0, 0.1) is 0 Å². The summed E-state index contributed by atoms with van der Waals surface area (Å²) < 4.78 is 27.9. The monoisotopic (exact) mass is 331 g/mol. The van der Waals surface area contributed by atoms with Crippen molar-refractivity contribution in [3.63, 3.8) is 0 Å². The molecule has 1 aromatic carbocycles. The number of para-hydroxylation sites is 1. The van der Waals surface area contributed by atoms with Gasteiger partial charge in [-0.05, 0) is 26.0 Å². The number of nitrogens with zero attached hydrogens (tertiary/aromatic N) is 2. The van der Waals surface area contributed by atoms with Crippen molar-refractivity contribution in [1.29, 1.82) is 0 Å². The third-order valence-corrected chi connectivity index (χ3v) is 4.03. The average molecular weight is 331 g/mol. The summed E-state index contributed by atoms with van der Waals surface area (Å²) in [5.41, 5.74) is 3.30. The summed E-state index contributed by atoms with van der Waals surface area (Å²) in [7, 11) is 0. The van der Waals surface area contributed by atoms with Crippen molar-refractivity contribution in [3.8, 4) is 0 Å². The van der Waals surface area contributed by atoms with Crippen molar-refractivity contribution in [2.75, 3.05) is 5.43 Å². The quantitative estimate of drug-likeness (QED) is 0.876. The van der Waals surface area contributed by atoms with Crippen LogP contribution >= 0.6 is 0 Å². The zero-order chi connectivity index (χ0) is 17.6. The molecule has 0 spiro atoms. The van der Waals surface area contributed by atoms with E-state index in [4.69, 9.17) is 0 Å². The molecule has 1 N–H and O–H groups in total. The number of benzene rings is 1. The Labute approximate surface area is 136 Å². The van der Waals surface area contributed by atoms with Gasteiger partial charge in [-0.3, -0.25) is 15.0 Å². The Hall–Kier alpha value is -2.83. The number of halogens is 2. The minimum atomic E-state index is -3.10. The molecule has 3 rings (SSSR count). The molecule has 0 saturated carbocycles. The molecule has 2 amide bonds. The third-order valence-electron chi connectivity index (χ3n) is 4.03. The average Bonchev–Trinajstić information content (AvgIpc) is 2.71. The molecule has 124 valence electrons. The summed E-state index contributed by atoms with van der Waals surface area (Å²) in [4.78, 5) is 28.4. The van der Waals surface area contributed by atoms with E-state index in [1.165, 1.54) is 13.8 Å². The lowest BCUT2D eigenvalue weighted by molar-refractivity contribution is -0.135. The van der Waals surface area contributed by atoms with E-state index < -0.39 is 17.7 Å². The van der Waals surface area contributed by atoms with Gasteiger partial charge in [-0.15, -0.1) is 0 Å². The minimum Gasteiger partial charge on any atom is -0.271 e. The van der Waals surface area contributed by atoms with Gasteiger partial charge in [-0.2, -0.15) is 5.01 Å². The predicted octanol–water partition coefficient (Wildman–Crippen LogP) is 3.38. The van der Waals surface area contributed by atoms with Crippen molar-refractivity contribution >= 4 is 28.5 Å². The smallest absolute Gasteiger partial charge is 0.271 e. The van der Waals surface area contributed by atoms with Crippen LogP contribution in [0.2, 0.25) is 0 Å². The normalized spacial score (nSPS) is 15.6. The SMILES string of the molecule is CC1=C(C)C(=O)N(Nc2cc(C(C)(F)F)c3ccccc3n2)C1=O. The van der Waals surface area contributed by atoms with Gasteiger partial charge < -0.3 is 0 Å². The maximum atomic E-state index is 13.9. The summed E-state index contributed by atoms with van der Waals surface area (Å²) in [5.74, 6) is -4.12. The van der Waals surface area contributed by atoms with E-state index in [-0.39, 0.29) is 11.4 Å². The van der Waals surface area contributed by atoms with Gasteiger partial charge in [-0.1, -0.05) is 18.2 Å². The van der Waals surface area contributed by atoms with Gasteiger partial charge in [-0.25, -0.2) is 13.8 Å². The fourth-order valence-electron chi connectivity index (χ4n) is 2.56. The van der Waals surface area contributed by atoms with Crippen LogP contribution in [0.25, 0.3) is 10.9 Å². The van der Waals surface area contributed by atoms with Gasteiger partial charge in [0.05, 0.1) is 5.52 Å². The molecule has 5 nitrogen and oxygen atoms in total. The lowest BCUT2D eigenvalue weighted by Crippen LogP contribution is -2.37. The number of imide groups is 1. The van der Waals surface area contributed by atoms with Gasteiger partial charge in [0.2, 0.25) is 0 Å². The van der Waals surface area contributed by atoms with Gasteiger partial charge in [0.25, 0.3) is 17.7 Å². The number of amides is 2. The number of carbonyl (C=O) groups excluding carboxylic acids is 2. The topological polar surface area (TPSA) is 62.3 Å². The van der Waals surface area contributed by atoms with Crippen molar-refractivity contribution < 1.29 is 18.4 Å². The Bertz CT molecular complexity index is 876. The molecule has 0 bridgehead atoms. The number of nitrogens with one attached hydrogen (secondary N) is 1. The molecule has 1 aliphatic heterocycles. The van der Waals surface area contributed by atoms with Gasteiger partial charge in [0.15, 0.2) is 0 Å². The first-order valence-corrected chi connectivity index (χ1v) is 7.31. The maximum absolute atomic E-state index is 13.9. The van der Waals surface area contributed by atoms with Gasteiger partial charge in [0, 0.05) is 29.0 Å². The number of aromatic nitrogens is 1. The van der Waals surface area contributed by atoms with E-state index >= 15 is 0 Å². The highest BCUT2D eigenvalue weighted by Gasteiger charge is 2.35. The summed E-state index contributed by atoms with van der Waals surface area (Å²) >= 11 is 0. The van der Waals surface area contributed by atoms with Crippen molar-refractivity contribution in [1.82, 2.24) is 9.99 Å². The van der Waals surface area contributed by atoms with Crippen molar-refractivity contribution in [2.24, 2.45) is 0 Å². The summed E-state index contributed by atoms with van der Waals surface area (Å²) in [5, 5.41) is 1.11. The predicted molar refractivity (Wildman–Crippen MR) is 85.2 cm³/mol. The van der Waals surface area contributed by atoms with Crippen LogP contribution in [0.1, 0.15) is 26.3 Å². The largest absolute Gasteiger partial charge is 0.275 e. The molecule has 0 saturated heterocycles. The third kappa shape index (κ3) is 2.51. The first kappa shape index (κ1) is 16.0. The maximum Gasteiger partial charge on any atom is 0.275 e. The molecule has 0 unspecified atom stereocenters. The van der Waals surface area contributed by atoms with Gasteiger partial charge in [0.1, 0.15) is 5.82 Å². The summed E-state index contributed by atoms with van der Waals surface area (Å²) in [6.45, 7) is 3.87. The molecule has 1 aliphatic rings. The Morgan fingerprint density at radius 3 is 2.25 bits per heavy atom. The molecular formula is C17H15F2N3O2. The number of anilines is 1. The Morgan fingerprint density at radius 2 is 1.67 bits per heavy atom. The van der Waals surface area contributed by atoms with Crippen LogP contribution in [-0.4, -0.2) is 21.8 Å². The molecule has 2 aromatic rings. The van der Waals surface area contributed by atoms with E-state index in [9.17, 15) is 18.4 Å². The Kier molecular flexibility index (Phi) is 3.59.